The molecule has 0 aromatic heterocycles. The van der Waals surface area contributed by atoms with Gasteiger partial charge in [-0.1, -0.05) is 30.3 Å². The highest BCUT2D eigenvalue weighted by Gasteiger charge is 2.27. The quantitative estimate of drug-likeness (QED) is 0.626. The number of para-hydroxylation sites is 2. The van der Waals surface area contributed by atoms with Crippen LogP contribution < -0.4 is 10.2 Å². The molecule has 0 aliphatic carbocycles. The van der Waals surface area contributed by atoms with Gasteiger partial charge in [-0.25, -0.2) is 4.79 Å². The van der Waals surface area contributed by atoms with Gasteiger partial charge >= 0.3 is 11.9 Å². The molecule has 3 rings (SSSR count). The Morgan fingerprint density at radius 1 is 1.00 bits per heavy atom. The third-order valence-electron chi connectivity index (χ3n) is 5.36. The lowest BCUT2D eigenvalue weighted by Crippen LogP contribution is -2.48. The molecule has 1 fully saturated rings. The van der Waals surface area contributed by atoms with Crippen LogP contribution in [0.15, 0.2) is 54.6 Å². The first-order chi connectivity index (χ1) is 15.0. The zero-order valence-corrected chi connectivity index (χ0v) is 17.5. The topological polar surface area (TPSA) is 99.2 Å². The minimum absolute atomic E-state index is 0.177. The van der Waals surface area contributed by atoms with Crippen molar-refractivity contribution in [2.75, 3.05) is 50.1 Å². The van der Waals surface area contributed by atoms with Crippen molar-refractivity contribution in [1.82, 2.24) is 4.90 Å². The van der Waals surface area contributed by atoms with Gasteiger partial charge in [0.1, 0.15) is 0 Å². The molecule has 0 bridgehead atoms. The summed E-state index contributed by atoms with van der Waals surface area (Å²) < 4.78 is 4.72. The third kappa shape index (κ3) is 6.05. The Kier molecular flexibility index (Phi) is 7.61. The second-order valence-corrected chi connectivity index (χ2v) is 7.45. The summed E-state index contributed by atoms with van der Waals surface area (Å²) in [7, 11) is 1.26. The number of ether oxygens (including phenoxy) is 1. The Hall–Kier alpha value is -3.39. The van der Waals surface area contributed by atoms with E-state index in [1.165, 1.54) is 7.11 Å². The summed E-state index contributed by atoms with van der Waals surface area (Å²) >= 11 is 0. The SMILES string of the molecule is COC(=O)c1ccccc1NC(=O)CC(CN1CCN(c2ccccc2)CC1)C(=O)O. The largest absolute Gasteiger partial charge is 0.481 e. The molecule has 0 radical (unpaired) electrons. The average Bonchev–Trinajstić information content (AvgIpc) is 2.79. The van der Waals surface area contributed by atoms with Crippen LogP contribution >= 0.6 is 0 Å². The fourth-order valence-electron chi connectivity index (χ4n) is 3.67. The minimum Gasteiger partial charge on any atom is -0.481 e. The molecule has 2 N–H and O–H groups in total. The Morgan fingerprint density at radius 2 is 1.65 bits per heavy atom. The number of aliphatic carboxylic acids is 1. The van der Waals surface area contributed by atoms with Gasteiger partial charge in [-0.2, -0.15) is 0 Å². The first kappa shape index (κ1) is 22.3. The van der Waals surface area contributed by atoms with Gasteiger partial charge in [0, 0.05) is 44.8 Å². The molecule has 1 unspecified atom stereocenters. The molecule has 1 heterocycles. The van der Waals surface area contributed by atoms with Crippen LogP contribution in [0.3, 0.4) is 0 Å². The van der Waals surface area contributed by atoms with Crippen molar-refractivity contribution in [3.05, 3.63) is 60.2 Å². The Balaban J connectivity index is 1.55. The number of amides is 1. The average molecular weight is 425 g/mol. The van der Waals surface area contributed by atoms with Crippen molar-refractivity contribution in [2.24, 2.45) is 5.92 Å². The van der Waals surface area contributed by atoms with Crippen LogP contribution in [0, 0.1) is 5.92 Å². The molecule has 0 spiro atoms. The maximum Gasteiger partial charge on any atom is 0.339 e. The number of carbonyl (C=O) groups excluding carboxylic acids is 2. The summed E-state index contributed by atoms with van der Waals surface area (Å²) in [6.45, 7) is 3.35. The molecule has 2 aromatic rings. The van der Waals surface area contributed by atoms with E-state index in [9.17, 15) is 19.5 Å². The van der Waals surface area contributed by atoms with Crippen LogP contribution in [0.1, 0.15) is 16.8 Å². The number of hydrogen-bond donors (Lipinski definition) is 2. The Labute approximate surface area is 181 Å². The van der Waals surface area contributed by atoms with Crippen LogP contribution in [0.25, 0.3) is 0 Å². The number of rotatable bonds is 8. The molecule has 1 amide bonds. The van der Waals surface area contributed by atoms with Gasteiger partial charge in [-0.3, -0.25) is 14.5 Å². The molecule has 31 heavy (non-hydrogen) atoms. The zero-order chi connectivity index (χ0) is 22.2. The highest BCUT2D eigenvalue weighted by molar-refractivity contribution is 6.01. The number of esters is 1. The highest BCUT2D eigenvalue weighted by atomic mass is 16.5. The number of piperazine rings is 1. The van der Waals surface area contributed by atoms with E-state index in [0.717, 1.165) is 31.9 Å². The minimum atomic E-state index is -1.01. The third-order valence-corrected chi connectivity index (χ3v) is 5.36. The van der Waals surface area contributed by atoms with Crippen LogP contribution in [-0.2, 0) is 14.3 Å². The van der Waals surface area contributed by atoms with Crippen molar-refractivity contribution in [2.45, 2.75) is 6.42 Å². The standard InChI is InChI=1S/C23H27N3O5/c1-31-23(30)19-9-5-6-10-20(19)24-21(27)15-17(22(28)29)16-25-11-13-26(14-12-25)18-7-3-2-4-8-18/h2-10,17H,11-16H2,1H3,(H,24,27)(H,28,29). The number of methoxy groups -OCH3 is 1. The predicted molar refractivity (Wildman–Crippen MR) is 117 cm³/mol. The molecule has 1 atom stereocenters. The van der Waals surface area contributed by atoms with Crippen LogP contribution in [0.5, 0.6) is 0 Å². The van der Waals surface area contributed by atoms with E-state index in [2.05, 4.69) is 27.2 Å². The van der Waals surface area contributed by atoms with Crippen LogP contribution in [0.2, 0.25) is 0 Å². The lowest BCUT2D eigenvalue weighted by molar-refractivity contribution is -0.144. The summed E-state index contributed by atoms with van der Waals surface area (Å²) in [5.74, 6) is -2.87. The second kappa shape index (κ2) is 10.6. The van der Waals surface area contributed by atoms with Gasteiger partial charge in [0.15, 0.2) is 0 Å². The number of carbonyl (C=O) groups is 3. The van der Waals surface area contributed by atoms with E-state index in [-0.39, 0.29) is 12.0 Å². The van der Waals surface area contributed by atoms with E-state index in [1.807, 2.05) is 18.2 Å². The number of carboxylic acids is 1. The summed E-state index contributed by atoms with van der Waals surface area (Å²) in [5, 5.41) is 12.3. The smallest absolute Gasteiger partial charge is 0.339 e. The number of hydrogen-bond acceptors (Lipinski definition) is 6. The highest BCUT2D eigenvalue weighted by Crippen LogP contribution is 2.19. The number of nitrogens with zero attached hydrogens (tertiary/aromatic N) is 2. The Bertz CT molecular complexity index is 910. The molecule has 8 heteroatoms. The fourth-order valence-corrected chi connectivity index (χ4v) is 3.67. The van der Waals surface area contributed by atoms with E-state index in [0.29, 0.717) is 12.2 Å². The second-order valence-electron chi connectivity index (χ2n) is 7.45. The van der Waals surface area contributed by atoms with Gasteiger partial charge in [-0.15, -0.1) is 0 Å². The van der Waals surface area contributed by atoms with Crippen molar-refractivity contribution in [3.8, 4) is 0 Å². The molecule has 1 aliphatic heterocycles. The number of anilines is 2. The number of carboxylic acid groups (broad SMARTS) is 1. The molecule has 2 aromatic carbocycles. The summed E-state index contributed by atoms with van der Waals surface area (Å²) in [6, 6.07) is 16.6. The van der Waals surface area contributed by atoms with Crippen molar-refractivity contribution in [3.63, 3.8) is 0 Å². The molecule has 1 saturated heterocycles. The maximum absolute atomic E-state index is 12.5. The lowest BCUT2D eigenvalue weighted by atomic mass is 10.0. The normalized spacial score (nSPS) is 15.2. The molecular weight excluding hydrogens is 398 g/mol. The van der Waals surface area contributed by atoms with E-state index < -0.39 is 23.8 Å². The van der Waals surface area contributed by atoms with Crippen molar-refractivity contribution in [1.29, 1.82) is 0 Å². The number of benzene rings is 2. The lowest BCUT2D eigenvalue weighted by Gasteiger charge is -2.37. The fraction of sp³-hybridized carbons (Fsp3) is 0.348. The molecule has 1 aliphatic rings. The Morgan fingerprint density at radius 3 is 2.29 bits per heavy atom. The van der Waals surface area contributed by atoms with Crippen LogP contribution in [0.4, 0.5) is 11.4 Å². The van der Waals surface area contributed by atoms with Gasteiger partial charge in [0.05, 0.1) is 24.3 Å². The van der Waals surface area contributed by atoms with Gasteiger partial charge in [0.25, 0.3) is 0 Å². The van der Waals surface area contributed by atoms with Crippen molar-refractivity contribution >= 4 is 29.2 Å². The maximum atomic E-state index is 12.5. The van der Waals surface area contributed by atoms with Gasteiger partial charge < -0.3 is 20.1 Å². The molecular formula is C23H27N3O5. The summed E-state index contributed by atoms with van der Waals surface area (Å²) in [4.78, 5) is 40.5. The van der Waals surface area contributed by atoms with E-state index in [4.69, 9.17) is 4.74 Å². The predicted octanol–water partition coefficient (Wildman–Crippen LogP) is 2.32. The van der Waals surface area contributed by atoms with Gasteiger partial charge in [0.2, 0.25) is 5.91 Å². The van der Waals surface area contributed by atoms with Crippen LogP contribution in [-0.4, -0.2) is 67.7 Å². The molecule has 0 saturated carbocycles. The first-order valence-corrected chi connectivity index (χ1v) is 10.2. The molecule has 164 valence electrons. The van der Waals surface area contributed by atoms with E-state index >= 15 is 0 Å². The monoisotopic (exact) mass is 425 g/mol. The van der Waals surface area contributed by atoms with E-state index in [1.54, 1.807) is 24.3 Å². The van der Waals surface area contributed by atoms with Gasteiger partial charge in [-0.05, 0) is 24.3 Å². The molecule has 8 nitrogen and oxygen atoms in total. The van der Waals surface area contributed by atoms with Crippen molar-refractivity contribution < 1.29 is 24.2 Å². The first-order valence-electron chi connectivity index (χ1n) is 10.2. The summed E-state index contributed by atoms with van der Waals surface area (Å²) in [5.41, 5.74) is 1.68. The number of nitrogens with one attached hydrogen (secondary N) is 1. The zero-order valence-electron chi connectivity index (χ0n) is 17.5. The summed E-state index contributed by atoms with van der Waals surface area (Å²) in [6.07, 6.45) is -0.177.